The fourth-order valence-corrected chi connectivity index (χ4v) is 3.21. The molecule has 2 aromatic rings. The number of carbonyl (C=O) groups excluding carboxylic acids is 3. The van der Waals surface area contributed by atoms with Gasteiger partial charge in [0.25, 0.3) is 5.91 Å². The Morgan fingerprint density at radius 1 is 0.969 bits per heavy atom. The molecule has 0 aromatic heterocycles. The molecule has 3 N–H and O–H groups in total. The molecule has 1 fully saturated rings. The Hall–Kier alpha value is -3.88. The molecule has 0 aliphatic heterocycles. The van der Waals surface area contributed by atoms with E-state index >= 15 is 0 Å². The van der Waals surface area contributed by atoms with E-state index in [9.17, 15) is 14.4 Å². The van der Waals surface area contributed by atoms with Gasteiger partial charge < -0.3 is 20.1 Å². The van der Waals surface area contributed by atoms with Gasteiger partial charge in [0.2, 0.25) is 0 Å². The van der Waals surface area contributed by atoms with Crippen molar-refractivity contribution >= 4 is 29.6 Å². The number of benzene rings is 2. The fraction of sp³-hybridized carbons (Fsp3) is 0.304. The summed E-state index contributed by atoms with van der Waals surface area (Å²) in [6.45, 7) is -0.147. The lowest BCUT2D eigenvalue weighted by atomic mass is 10.2. The maximum absolute atomic E-state index is 12.0. The van der Waals surface area contributed by atoms with Crippen molar-refractivity contribution in [2.45, 2.75) is 31.7 Å². The van der Waals surface area contributed by atoms with Crippen LogP contribution in [0.2, 0.25) is 0 Å². The number of hydrogen-bond donors (Lipinski definition) is 3. The summed E-state index contributed by atoms with van der Waals surface area (Å²) < 4.78 is 10.5. The lowest BCUT2D eigenvalue weighted by Gasteiger charge is -2.10. The summed E-state index contributed by atoms with van der Waals surface area (Å²) in [6.07, 6.45) is 5.36. The monoisotopic (exact) mass is 438 g/mol. The van der Waals surface area contributed by atoms with Crippen molar-refractivity contribution in [3.8, 4) is 11.5 Å². The normalized spacial score (nSPS) is 13.5. The van der Waals surface area contributed by atoms with E-state index in [0.29, 0.717) is 22.7 Å². The molecular formula is C23H26N4O5. The van der Waals surface area contributed by atoms with Crippen molar-refractivity contribution < 1.29 is 23.9 Å². The quantitative estimate of drug-likeness (QED) is 0.332. The maximum atomic E-state index is 12.0. The average molecular weight is 438 g/mol. The van der Waals surface area contributed by atoms with Gasteiger partial charge in [-0.2, -0.15) is 5.10 Å². The Labute approximate surface area is 186 Å². The van der Waals surface area contributed by atoms with Crippen molar-refractivity contribution in [1.82, 2.24) is 10.7 Å². The van der Waals surface area contributed by atoms with Gasteiger partial charge in [0.05, 0.1) is 13.3 Å². The molecule has 3 rings (SSSR count). The number of anilines is 1. The third-order valence-corrected chi connectivity index (χ3v) is 4.90. The van der Waals surface area contributed by atoms with Gasteiger partial charge in [0.15, 0.2) is 6.61 Å². The molecular weight excluding hydrogens is 412 g/mol. The van der Waals surface area contributed by atoms with Gasteiger partial charge in [0, 0.05) is 11.7 Å². The van der Waals surface area contributed by atoms with Gasteiger partial charge in [-0.15, -0.1) is 0 Å². The molecule has 0 saturated heterocycles. The molecule has 0 spiro atoms. The van der Waals surface area contributed by atoms with Crippen molar-refractivity contribution in [1.29, 1.82) is 0 Å². The molecule has 9 heteroatoms. The van der Waals surface area contributed by atoms with Crippen LogP contribution >= 0.6 is 0 Å². The molecule has 168 valence electrons. The Morgan fingerprint density at radius 3 is 2.28 bits per heavy atom. The fourth-order valence-electron chi connectivity index (χ4n) is 3.21. The Kier molecular flexibility index (Phi) is 8.19. The standard InChI is InChI=1S/C23H26N4O5/c1-31-19-12-8-18(9-13-19)25-21(28)15-32-20-10-6-16(7-11-20)14-24-27-23(30)22(29)26-17-4-2-3-5-17/h6-14,17H,2-5,15H2,1H3,(H,25,28)(H,26,29)(H,27,30)/b24-14-. The molecule has 9 nitrogen and oxygen atoms in total. The van der Waals surface area contributed by atoms with E-state index < -0.39 is 11.8 Å². The molecule has 3 amide bonds. The highest BCUT2D eigenvalue weighted by molar-refractivity contribution is 6.35. The van der Waals surface area contributed by atoms with Gasteiger partial charge in [-0.3, -0.25) is 14.4 Å². The highest BCUT2D eigenvalue weighted by Crippen LogP contribution is 2.17. The summed E-state index contributed by atoms with van der Waals surface area (Å²) in [5, 5.41) is 9.23. The van der Waals surface area contributed by atoms with E-state index in [4.69, 9.17) is 9.47 Å². The van der Waals surface area contributed by atoms with Gasteiger partial charge in [-0.05, 0) is 66.9 Å². The minimum Gasteiger partial charge on any atom is -0.497 e. The van der Waals surface area contributed by atoms with Crippen molar-refractivity contribution in [2.24, 2.45) is 5.10 Å². The summed E-state index contributed by atoms with van der Waals surface area (Å²) in [5.74, 6) is -0.553. The minimum atomic E-state index is -0.795. The first-order valence-corrected chi connectivity index (χ1v) is 10.3. The lowest BCUT2D eigenvalue weighted by molar-refractivity contribution is -0.139. The summed E-state index contributed by atoms with van der Waals surface area (Å²) >= 11 is 0. The molecule has 0 heterocycles. The maximum Gasteiger partial charge on any atom is 0.329 e. The molecule has 0 radical (unpaired) electrons. The third-order valence-electron chi connectivity index (χ3n) is 4.90. The first-order valence-electron chi connectivity index (χ1n) is 10.3. The van der Waals surface area contributed by atoms with Crippen molar-refractivity contribution in [2.75, 3.05) is 19.0 Å². The van der Waals surface area contributed by atoms with Crippen LogP contribution < -0.4 is 25.5 Å². The van der Waals surface area contributed by atoms with E-state index in [1.807, 2.05) is 0 Å². The number of hydrazone groups is 1. The van der Waals surface area contributed by atoms with Crippen LogP contribution in [0.5, 0.6) is 11.5 Å². The van der Waals surface area contributed by atoms with Crippen molar-refractivity contribution in [3.63, 3.8) is 0 Å². The topological polar surface area (TPSA) is 118 Å². The second kappa shape index (κ2) is 11.5. The third kappa shape index (κ3) is 7.12. The smallest absolute Gasteiger partial charge is 0.329 e. The summed E-state index contributed by atoms with van der Waals surface area (Å²) in [4.78, 5) is 35.6. The highest BCUT2D eigenvalue weighted by Gasteiger charge is 2.20. The summed E-state index contributed by atoms with van der Waals surface area (Å²) in [7, 11) is 1.57. The number of amides is 3. The van der Waals surface area contributed by atoms with E-state index in [2.05, 4.69) is 21.2 Å². The molecule has 0 unspecified atom stereocenters. The van der Waals surface area contributed by atoms with Crippen LogP contribution in [-0.4, -0.2) is 43.7 Å². The SMILES string of the molecule is COc1ccc(NC(=O)COc2ccc(/C=N\NC(=O)C(=O)NC3CCCC3)cc2)cc1. The van der Waals surface area contributed by atoms with Gasteiger partial charge in [-0.25, -0.2) is 5.43 Å². The zero-order valence-electron chi connectivity index (χ0n) is 17.8. The number of nitrogens with zero attached hydrogens (tertiary/aromatic N) is 1. The number of carbonyl (C=O) groups is 3. The number of rotatable bonds is 8. The summed E-state index contributed by atoms with van der Waals surface area (Å²) in [6, 6.07) is 13.8. The molecule has 1 saturated carbocycles. The van der Waals surface area contributed by atoms with Crippen LogP contribution in [-0.2, 0) is 14.4 Å². The van der Waals surface area contributed by atoms with Gasteiger partial charge in [0.1, 0.15) is 11.5 Å². The van der Waals surface area contributed by atoms with Crippen LogP contribution in [0.15, 0.2) is 53.6 Å². The Bertz CT molecular complexity index is 951. The summed E-state index contributed by atoms with van der Waals surface area (Å²) in [5.41, 5.74) is 3.55. The van der Waals surface area contributed by atoms with Crippen molar-refractivity contribution in [3.05, 3.63) is 54.1 Å². The largest absolute Gasteiger partial charge is 0.497 e. The van der Waals surface area contributed by atoms with E-state index in [-0.39, 0.29) is 18.6 Å². The van der Waals surface area contributed by atoms with Gasteiger partial charge >= 0.3 is 11.8 Å². The molecule has 0 atom stereocenters. The second-order valence-corrected chi connectivity index (χ2v) is 7.29. The average Bonchev–Trinajstić information content (AvgIpc) is 3.32. The lowest BCUT2D eigenvalue weighted by Crippen LogP contribution is -2.42. The van der Waals surface area contributed by atoms with Crippen LogP contribution in [0.25, 0.3) is 0 Å². The number of ether oxygens (including phenoxy) is 2. The van der Waals surface area contributed by atoms with Crippen LogP contribution in [0.1, 0.15) is 31.2 Å². The van der Waals surface area contributed by atoms with E-state index in [1.54, 1.807) is 55.6 Å². The predicted octanol–water partition coefficient (Wildman–Crippen LogP) is 2.22. The first-order chi connectivity index (χ1) is 15.5. The molecule has 1 aliphatic rings. The first kappa shape index (κ1) is 22.8. The molecule has 2 aromatic carbocycles. The molecule has 1 aliphatic carbocycles. The van der Waals surface area contributed by atoms with E-state index in [0.717, 1.165) is 25.7 Å². The van der Waals surface area contributed by atoms with E-state index in [1.165, 1.54) is 6.21 Å². The minimum absolute atomic E-state index is 0.0723. The molecule has 32 heavy (non-hydrogen) atoms. The van der Waals surface area contributed by atoms with Crippen LogP contribution in [0.3, 0.4) is 0 Å². The number of methoxy groups -OCH3 is 1. The highest BCUT2D eigenvalue weighted by atomic mass is 16.5. The number of nitrogens with one attached hydrogen (secondary N) is 3. The second-order valence-electron chi connectivity index (χ2n) is 7.29. The zero-order chi connectivity index (χ0) is 22.8. The molecule has 0 bridgehead atoms. The van der Waals surface area contributed by atoms with Gasteiger partial charge in [-0.1, -0.05) is 12.8 Å². The zero-order valence-corrected chi connectivity index (χ0v) is 17.8. The Balaban J connectivity index is 1.39. The predicted molar refractivity (Wildman–Crippen MR) is 120 cm³/mol. The van der Waals surface area contributed by atoms with Crippen LogP contribution in [0, 0.1) is 0 Å². The van der Waals surface area contributed by atoms with Crippen LogP contribution in [0.4, 0.5) is 5.69 Å². The number of hydrogen-bond acceptors (Lipinski definition) is 6. The Morgan fingerprint density at radius 2 is 1.62 bits per heavy atom.